The minimum absolute atomic E-state index is 0.0519. The van der Waals surface area contributed by atoms with E-state index in [9.17, 15) is 9.59 Å². The number of furan rings is 1. The number of amides is 2. The molecule has 0 bridgehead atoms. The van der Waals surface area contributed by atoms with Crippen molar-refractivity contribution in [2.45, 2.75) is 45.1 Å². The molecule has 1 aromatic heterocycles. The van der Waals surface area contributed by atoms with Crippen molar-refractivity contribution in [3.05, 3.63) is 59.4 Å². The van der Waals surface area contributed by atoms with Crippen LogP contribution in [0.2, 0.25) is 0 Å². The fraction of sp³-hybridized carbons (Fsp3) is 0.360. The number of fused-ring (bicyclic) bond motifs is 3. The van der Waals surface area contributed by atoms with E-state index in [1.165, 1.54) is 18.4 Å². The molecule has 160 valence electrons. The molecule has 5 rings (SSSR count). The van der Waals surface area contributed by atoms with Gasteiger partial charge in [0.1, 0.15) is 17.1 Å². The molecule has 2 aromatic carbocycles. The highest BCUT2D eigenvalue weighted by Gasteiger charge is 2.29. The molecule has 0 unspecified atom stereocenters. The number of rotatable bonds is 7. The topological polar surface area (TPSA) is 80.6 Å². The van der Waals surface area contributed by atoms with Crippen molar-refractivity contribution in [1.29, 1.82) is 0 Å². The zero-order valence-corrected chi connectivity index (χ0v) is 17.4. The molecule has 2 amide bonds. The molecule has 31 heavy (non-hydrogen) atoms. The van der Waals surface area contributed by atoms with Crippen molar-refractivity contribution in [3.63, 3.8) is 0 Å². The molecule has 2 N–H and O–H groups in total. The summed E-state index contributed by atoms with van der Waals surface area (Å²) >= 11 is 0. The third-order valence-electron chi connectivity index (χ3n) is 5.93. The van der Waals surface area contributed by atoms with Gasteiger partial charge < -0.3 is 19.8 Å². The van der Waals surface area contributed by atoms with Gasteiger partial charge in [0.25, 0.3) is 5.91 Å². The Hall–Kier alpha value is -3.28. The van der Waals surface area contributed by atoms with Crippen LogP contribution in [0, 0.1) is 5.92 Å². The molecule has 6 nitrogen and oxygen atoms in total. The number of nitrogens with one attached hydrogen (secondary N) is 2. The third-order valence-corrected chi connectivity index (χ3v) is 5.93. The molecule has 1 heterocycles. The molecule has 1 fully saturated rings. The molecule has 0 atom stereocenters. The molecule has 0 spiro atoms. The van der Waals surface area contributed by atoms with Gasteiger partial charge in [0.05, 0.1) is 0 Å². The molecule has 3 aromatic rings. The average molecular weight is 418 g/mol. The van der Waals surface area contributed by atoms with Crippen LogP contribution in [0.3, 0.4) is 0 Å². The van der Waals surface area contributed by atoms with Gasteiger partial charge in [-0.15, -0.1) is 0 Å². The predicted octanol–water partition coefficient (Wildman–Crippen LogP) is 4.36. The maximum atomic E-state index is 12.3. The lowest BCUT2D eigenvalue weighted by atomic mass is 9.96. The number of aryl methyl sites for hydroxylation is 2. The summed E-state index contributed by atoms with van der Waals surface area (Å²) in [5.41, 5.74) is 3.85. The Bertz CT molecular complexity index is 1130. The molecular formula is C25H26N2O4. The summed E-state index contributed by atoms with van der Waals surface area (Å²) in [4.78, 5) is 24.2. The van der Waals surface area contributed by atoms with Gasteiger partial charge in [-0.25, -0.2) is 0 Å². The summed E-state index contributed by atoms with van der Waals surface area (Å²) in [5, 5.41) is 6.90. The standard InChI is InChI=1S/C25H26N2O4/c28-24(26-14-16-4-3-5-18(12-16)27-25(29)17-8-9-17)15-30-19-10-11-23-21(13-19)20-6-1-2-7-22(20)31-23/h3-5,10-13,17H,1-2,6-9,14-15H2,(H,26,28)(H,27,29). The van der Waals surface area contributed by atoms with Crippen molar-refractivity contribution in [2.24, 2.45) is 5.92 Å². The van der Waals surface area contributed by atoms with Crippen molar-refractivity contribution < 1.29 is 18.7 Å². The van der Waals surface area contributed by atoms with Gasteiger partial charge in [0.15, 0.2) is 6.61 Å². The molecular weight excluding hydrogens is 392 g/mol. The Kier molecular flexibility index (Phi) is 5.37. The Morgan fingerprint density at radius 1 is 1.06 bits per heavy atom. The van der Waals surface area contributed by atoms with Gasteiger partial charge in [-0.1, -0.05) is 12.1 Å². The molecule has 0 aliphatic heterocycles. The summed E-state index contributed by atoms with van der Waals surface area (Å²) < 4.78 is 11.7. The summed E-state index contributed by atoms with van der Waals surface area (Å²) in [6, 6.07) is 13.3. The molecule has 6 heteroatoms. The second-order valence-electron chi connectivity index (χ2n) is 8.40. The highest BCUT2D eigenvalue weighted by molar-refractivity contribution is 5.94. The van der Waals surface area contributed by atoms with Crippen LogP contribution in [0.15, 0.2) is 46.9 Å². The van der Waals surface area contributed by atoms with Crippen LogP contribution < -0.4 is 15.4 Å². The smallest absolute Gasteiger partial charge is 0.258 e. The number of carbonyl (C=O) groups is 2. The lowest BCUT2D eigenvalue weighted by Crippen LogP contribution is -2.28. The zero-order valence-electron chi connectivity index (χ0n) is 17.4. The maximum Gasteiger partial charge on any atom is 0.258 e. The highest BCUT2D eigenvalue weighted by Crippen LogP contribution is 2.34. The minimum Gasteiger partial charge on any atom is -0.484 e. The summed E-state index contributed by atoms with van der Waals surface area (Å²) in [5.74, 6) is 1.80. The van der Waals surface area contributed by atoms with E-state index in [0.717, 1.165) is 53.7 Å². The first-order chi connectivity index (χ1) is 15.2. The van der Waals surface area contributed by atoms with Gasteiger partial charge in [-0.2, -0.15) is 0 Å². The number of benzene rings is 2. The van der Waals surface area contributed by atoms with Crippen molar-refractivity contribution in [1.82, 2.24) is 5.32 Å². The van der Waals surface area contributed by atoms with Gasteiger partial charge >= 0.3 is 0 Å². The van der Waals surface area contributed by atoms with Crippen LogP contribution in [-0.4, -0.2) is 18.4 Å². The zero-order chi connectivity index (χ0) is 21.2. The van der Waals surface area contributed by atoms with Crippen LogP contribution in [0.25, 0.3) is 11.0 Å². The lowest BCUT2D eigenvalue weighted by molar-refractivity contribution is -0.123. The van der Waals surface area contributed by atoms with Crippen LogP contribution in [0.1, 0.15) is 42.6 Å². The number of ether oxygens (including phenoxy) is 1. The monoisotopic (exact) mass is 418 g/mol. The summed E-state index contributed by atoms with van der Waals surface area (Å²) in [6.07, 6.45) is 6.32. The highest BCUT2D eigenvalue weighted by atomic mass is 16.5. The molecule has 0 saturated heterocycles. The number of carbonyl (C=O) groups excluding carboxylic acids is 2. The number of anilines is 1. The van der Waals surface area contributed by atoms with Gasteiger partial charge in [-0.05, 0) is 68.0 Å². The van der Waals surface area contributed by atoms with Crippen molar-refractivity contribution >= 4 is 28.5 Å². The molecule has 2 aliphatic carbocycles. The van der Waals surface area contributed by atoms with Crippen LogP contribution >= 0.6 is 0 Å². The van der Waals surface area contributed by atoms with E-state index in [1.807, 2.05) is 42.5 Å². The number of hydrogen-bond acceptors (Lipinski definition) is 4. The van der Waals surface area contributed by atoms with Crippen molar-refractivity contribution in [3.8, 4) is 5.75 Å². The molecule has 0 radical (unpaired) electrons. The Balaban J connectivity index is 1.15. The van der Waals surface area contributed by atoms with Crippen molar-refractivity contribution in [2.75, 3.05) is 11.9 Å². The van der Waals surface area contributed by atoms with E-state index < -0.39 is 0 Å². The first-order valence-corrected chi connectivity index (χ1v) is 11.0. The van der Waals surface area contributed by atoms with E-state index in [0.29, 0.717) is 12.3 Å². The van der Waals surface area contributed by atoms with Crippen LogP contribution in [0.5, 0.6) is 5.75 Å². The normalized spacial score (nSPS) is 15.4. The van der Waals surface area contributed by atoms with Crippen LogP contribution in [-0.2, 0) is 29.0 Å². The average Bonchev–Trinajstić information content (AvgIpc) is 3.58. The molecule has 2 aliphatic rings. The SMILES string of the molecule is O=C(COc1ccc2oc3c(c2c1)CCCC3)NCc1cccc(NC(=O)C2CC2)c1. The van der Waals surface area contributed by atoms with Gasteiger partial charge in [0, 0.05) is 35.5 Å². The Morgan fingerprint density at radius 2 is 1.94 bits per heavy atom. The van der Waals surface area contributed by atoms with E-state index in [1.54, 1.807) is 0 Å². The quantitative estimate of drug-likeness (QED) is 0.598. The predicted molar refractivity (Wildman–Crippen MR) is 118 cm³/mol. The van der Waals surface area contributed by atoms with Gasteiger partial charge in [0.2, 0.25) is 5.91 Å². The number of hydrogen-bond donors (Lipinski definition) is 2. The summed E-state index contributed by atoms with van der Waals surface area (Å²) in [6.45, 7) is 0.327. The maximum absolute atomic E-state index is 12.3. The first kappa shape index (κ1) is 19.7. The lowest BCUT2D eigenvalue weighted by Gasteiger charge is -2.10. The first-order valence-electron chi connectivity index (χ1n) is 11.0. The van der Waals surface area contributed by atoms with Crippen LogP contribution in [0.4, 0.5) is 5.69 Å². The fourth-order valence-corrected chi connectivity index (χ4v) is 4.08. The molecule has 1 saturated carbocycles. The second-order valence-corrected chi connectivity index (χ2v) is 8.40. The summed E-state index contributed by atoms with van der Waals surface area (Å²) in [7, 11) is 0. The van der Waals surface area contributed by atoms with E-state index >= 15 is 0 Å². The second kappa shape index (κ2) is 8.46. The third kappa shape index (κ3) is 4.58. The van der Waals surface area contributed by atoms with Gasteiger partial charge in [-0.3, -0.25) is 9.59 Å². The largest absolute Gasteiger partial charge is 0.484 e. The minimum atomic E-state index is -0.193. The van der Waals surface area contributed by atoms with E-state index in [4.69, 9.17) is 9.15 Å². The Labute approximate surface area is 181 Å². The fourth-order valence-electron chi connectivity index (χ4n) is 4.08. The van der Waals surface area contributed by atoms with E-state index in [2.05, 4.69) is 10.6 Å². The Morgan fingerprint density at radius 3 is 2.81 bits per heavy atom. The van der Waals surface area contributed by atoms with E-state index in [-0.39, 0.29) is 24.3 Å².